The van der Waals surface area contributed by atoms with Crippen molar-refractivity contribution >= 4 is 5.91 Å². The lowest BCUT2D eigenvalue weighted by Gasteiger charge is -2.29. The van der Waals surface area contributed by atoms with Gasteiger partial charge in [0.1, 0.15) is 0 Å². The fourth-order valence-corrected chi connectivity index (χ4v) is 2.97. The fraction of sp³-hybridized carbons (Fsp3) is 0.500. The van der Waals surface area contributed by atoms with Crippen LogP contribution in [0.15, 0.2) is 42.7 Å². The van der Waals surface area contributed by atoms with Crippen molar-refractivity contribution in [1.29, 1.82) is 0 Å². The van der Waals surface area contributed by atoms with Crippen LogP contribution in [0, 0.1) is 0 Å². The molecule has 0 N–H and O–H groups in total. The molecule has 0 radical (unpaired) electrons. The van der Waals surface area contributed by atoms with E-state index in [0.29, 0.717) is 0 Å². The van der Waals surface area contributed by atoms with Crippen LogP contribution in [0.25, 0.3) is 5.69 Å². The molecule has 0 saturated carbocycles. The number of unbranched alkanes of at least 4 members (excludes halogenated alkanes) is 2. The van der Waals surface area contributed by atoms with Gasteiger partial charge in [-0.25, -0.2) is 4.68 Å². The lowest BCUT2D eigenvalue weighted by atomic mass is 10.1. The number of rotatable bonds is 9. The summed E-state index contributed by atoms with van der Waals surface area (Å²) in [5.74, 6) is 0.138. The summed E-state index contributed by atoms with van der Waals surface area (Å²) in [5.41, 5.74) is 1.72. The van der Waals surface area contributed by atoms with E-state index >= 15 is 0 Å². The van der Waals surface area contributed by atoms with E-state index in [1.54, 1.807) is 10.9 Å². The Morgan fingerprint density at radius 1 is 1.17 bits per heavy atom. The van der Waals surface area contributed by atoms with Gasteiger partial charge in [0.2, 0.25) is 0 Å². The van der Waals surface area contributed by atoms with Gasteiger partial charge in [0.15, 0.2) is 0 Å². The monoisotopic (exact) mass is 327 g/mol. The third-order valence-electron chi connectivity index (χ3n) is 4.39. The van der Waals surface area contributed by atoms with Crippen LogP contribution in [0.5, 0.6) is 0 Å². The first-order valence-electron chi connectivity index (χ1n) is 9.08. The number of hydrogen-bond donors (Lipinski definition) is 0. The molecule has 4 nitrogen and oxygen atoms in total. The molecule has 0 fully saturated rings. The normalized spacial score (nSPS) is 12.1. The van der Waals surface area contributed by atoms with Gasteiger partial charge in [-0.2, -0.15) is 5.10 Å². The summed E-state index contributed by atoms with van der Waals surface area (Å²) < 4.78 is 1.80. The zero-order valence-electron chi connectivity index (χ0n) is 15.1. The van der Waals surface area contributed by atoms with Crippen LogP contribution in [0.4, 0.5) is 0 Å². The Balaban J connectivity index is 2.12. The summed E-state index contributed by atoms with van der Waals surface area (Å²) in [4.78, 5) is 15.0. The zero-order chi connectivity index (χ0) is 17.4. The van der Waals surface area contributed by atoms with E-state index in [4.69, 9.17) is 0 Å². The molecule has 0 aliphatic carbocycles. The minimum absolute atomic E-state index is 0.138. The second-order valence-electron chi connectivity index (χ2n) is 6.34. The third-order valence-corrected chi connectivity index (χ3v) is 4.39. The van der Waals surface area contributed by atoms with Crippen LogP contribution in [0.3, 0.4) is 0 Å². The average Bonchev–Trinajstić information content (AvgIpc) is 3.13. The van der Waals surface area contributed by atoms with Gasteiger partial charge in [-0.1, -0.05) is 33.1 Å². The Labute approximate surface area is 145 Å². The van der Waals surface area contributed by atoms with Crippen LogP contribution in [0.2, 0.25) is 0 Å². The maximum absolute atomic E-state index is 13.0. The molecule has 2 aromatic rings. The van der Waals surface area contributed by atoms with Crippen LogP contribution < -0.4 is 0 Å². The number of carbonyl (C=O) groups is 1. The van der Waals surface area contributed by atoms with Crippen LogP contribution >= 0.6 is 0 Å². The molecule has 4 heteroatoms. The van der Waals surface area contributed by atoms with Crippen molar-refractivity contribution in [2.75, 3.05) is 6.54 Å². The smallest absolute Gasteiger partial charge is 0.254 e. The SMILES string of the molecule is CCCCCN(C(=O)c1ccc(-n2cccn2)cc1)C(C)CCC. The molecule has 1 unspecified atom stereocenters. The van der Waals surface area contributed by atoms with E-state index in [1.807, 2.05) is 41.4 Å². The van der Waals surface area contributed by atoms with E-state index in [0.717, 1.165) is 37.1 Å². The Bertz CT molecular complexity index is 604. The van der Waals surface area contributed by atoms with Crippen molar-refractivity contribution in [3.05, 3.63) is 48.3 Å². The van der Waals surface area contributed by atoms with Gasteiger partial charge in [-0.05, 0) is 50.1 Å². The van der Waals surface area contributed by atoms with Crippen LogP contribution in [0.1, 0.15) is 63.2 Å². The van der Waals surface area contributed by atoms with Crippen LogP contribution in [-0.4, -0.2) is 33.2 Å². The van der Waals surface area contributed by atoms with Crippen LogP contribution in [-0.2, 0) is 0 Å². The molecule has 0 bridgehead atoms. The van der Waals surface area contributed by atoms with Crippen molar-refractivity contribution in [2.24, 2.45) is 0 Å². The van der Waals surface area contributed by atoms with E-state index in [1.165, 1.54) is 12.8 Å². The number of nitrogens with zero attached hydrogens (tertiary/aromatic N) is 3. The van der Waals surface area contributed by atoms with Crippen molar-refractivity contribution in [3.8, 4) is 5.69 Å². The molecule has 1 heterocycles. The first-order chi connectivity index (χ1) is 11.7. The zero-order valence-corrected chi connectivity index (χ0v) is 15.1. The highest BCUT2D eigenvalue weighted by molar-refractivity contribution is 5.94. The van der Waals surface area contributed by atoms with E-state index in [9.17, 15) is 4.79 Å². The first-order valence-corrected chi connectivity index (χ1v) is 9.08. The minimum Gasteiger partial charge on any atom is -0.336 e. The van der Waals surface area contributed by atoms with Gasteiger partial charge in [0.25, 0.3) is 5.91 Å². The maximum Gasteiger partial charge on any atom is 0.254 e. The summed E-state index contributed by atoms with van der Waals surface area (Å²) in [5, 5.41) is 4.22. The molecule has 0 aliphatic rings. The molecule has 24 heavy (non-hydrogen) atoms. The standard InChI is InChI=1S/C20H29N3O/c1-4-6-7-15-22(17(3)9-5-2)20(24)18-10-12-19(13-11-18)23-16-8-14-21-23/h8,10-14,16-17H,4-7,9,15H2,1-3H3. The molecular formula is C20H29N3O. The molecule has 1 aromatic heterocycles. The molecule has 0 aliphatic heterocycles. The van der Waals surface area contributed by atoms with Crippen molar-refractivity contribution < 1.29 is 4.79 Å². The third kappa shape index (κ3) is 4.70. The molecule has 1 amide bonds. The fourth-order valence-electron chi connectivity index (χ4n) is 2.97. The Hall–Kier alpha value is -2.10. The number of carbonyl (C=O) groups excluding carboxylic acids is 1. The van der Waals surface area contributed by atoms with Crippen molar-refractivity contribution in [3.63, 3.8) is 0 Å². The summed E-state index contributed by atoms with van der Waals surface area (Å²) in [6, 6.07) is 9.89. The molecular weight excluding hydrogens is 298 g/mol. The quantitative estimate of drug-likeness (QED) is 0.626. The first kappa shape index (κ1) is 18.2. The van der Waals surface area contributed by atoms with Crippen molar-refractivity contribution in [1.82, 2.24) is 14.7 Å². The second kappa shape index (κ2) is 9.26. The Morgan fingerprint density at radius 2 is 1.92 bits per heavy atom. The summed E-state index contributed by atoms with van der Waals surface area (Å²) in [7, 11) is 0. The number of amides is 1. The number of aromatic nitrogens is 2. The lowest BCUT2D eigenvalue weighted by molar-refractivity contribution is 0.0679. The van der Waals surface area contributed by atoms with Gasteiger partial charge >= 0.3 is 0 Å². The van der Waals surface area contributed by atoms with Crippen molar-refractivity contribution in [2.45, 2.75) is 58.9 Å². The van der Waals surface area contributed by atoms with E-state index in [-0.39, 0.29) is 11.9 Å². The molecule has 1 aromatic carbocycles. The summed E-state index contributed by atoms with van der Waals surface area (Å²) in [6.07, 6.45) is 9.20. The molecule has 2 rings (SSSR count). The Morgan fingerprint density at radius 3 is 2.50 bits per heavy atom. The number of hydrogen-bond acceptors (Lipinski definition) is 2. The lowest BCUT2D eigenvalue weighted by Crippen LogP contribution is -2.39. The molecule has 0 saturated heterocycles. The average molecular weight is 327 g/mol. The number of benzene rings is 1. The van der Waals surface area contributed by atoms with Gasteiger partial charge < -0.3 is 4.90 Å². The summed E-state index contributed by atoms with van der Waals surface area (Å²) >= 11 is 0. The predicted octanol–water partition coefficient (Wildman–Crippen LogP) is 4.69. The molecule has 0 spiro atoms. The summed E-state index contributed by atoms with van der Waals surface area (Å²) in [6.45, 7) is 7.36. The predicted molar refractivity (Wildman–Crippen MR) is 98.5 cm³/mol. The molecule has 130 valence electrons. The highest BCUT2D eigenvalue weighted by atomic mass is 16.2. The largest absolute Gasteiger partial charge is 0.336 e. The topological polar surface area (TPSA) is 38.1 Å². The van der Waals surface area contributed by atoms with Gasteiger partial charge in [0, 0.05) is 30.5 Å². The second-order valence-corrected chi connectivity index (χ2v) is 6.34. The van der Waals surface area contributed by atoms with E-state index < -0.39 is 0 Å². The highest BCUT2D eigenvalue weighted by Crippen LogP contribution is 2.16. The molecule has 1 atom stereocenters. The Kier molecular flexibility index (Phi) is 7.04. The minimum atomic E-state index is 0.138. The highest BCUT2D eigenvalue weighted by Gasteiger charge is 2.20. The maximum atomic E-state index is 13.0. The van der Waals surface area contributed by atoms with Gasteiger partial charge in [-0.15, -0.1) is 0 Å². The van der Waals surface area contributed by atoms with E-state index in [2.05, 4.69) is 25.9 Å². The van der Waals surface area contributed by atoms with Gasteiger partial charge in [0.05, 0.1) is 5.69 Å². The van der Waals surface area contributed by atoms with Gasteiger partial charge in [-0.3, -0.25) is 4.79 Å².